The standard InChI is InChI=1S/C11H16N2OS/c1-14-7-9-6-10(15)13-11(12-9)8-4-2-3-5-8/h6,8H,2-5,7H2,1H3,(H,12,13,15). The Labute approximate surface area is 94.9 Å². The lowest BCUT2D eigenvalue weighted by Gasteiger charge is -2.10. The highest BCUT2D eigenvalue weighted by Crippen LogP contribution is 2.31. The minimum absolute atomic E-state index is 0.573. The molecule has 1 aromatic rings. The van der Waals surface area contributed by atoms with Crippen molar-refractivity contribution in [1.29, 1.82) is 0 Å². The van der Waals surface area contributed by atoms with Crippen LogP contribution in [0.4, 0.5) is 0 Å². The number of ether oxygens (including phenoxy) is 1. The van der Waals surface area contributed by atoms with E-state index in [2.05, 4.69) is 9.97 Å². The maximum absolute atomic E-state index is 5.15. The molecule has 0 bridgehead atoms. The lowest BCUT2D eigenvalue weighted by atomic mass is 10.1. The highest BCUT2D eigenvalue weighted by molar-refractivity contribution is 7.71. The van der Waals surface area contributed by atoms with Gasteiger partial charge in [0.1, 0.15) is 10.5 Å². The molecule has 1 N–H and O–H groups in total. The molecule has 0 aliphatic heterocycles. The fourth-order valence-electron chi connectivity index (χ4n) is 2.15. The van der Waals surface area contributed by atoms with Crippen LogP contribution in [0.25, 0.3) is 0 Å². The summed E-state index contributed by atoms with van der Waals surface area (Å²) >= 11 is 5.15. The molecule has 1 saturated carbocycles. The van der Waals surface area contributed by atoms with Crippen molar-refractivity contribution in [3.05, 3.63) is 22.2 Å². The first-order valence-corrected chi connectivity index (χ1v) is 5.79. The van der Waals surface area contributed by atoms with E-state index >= 15 is 0 Å². The molecule has 1 heterocycles. The summed E-state index contributed by atoms with van der Waals surface area (Å²) in [5.74, 6) is 1.62. The van der Waals surface area contributed by atoms with Crippen molar-refractivity contribution in [2.24, 2.45) is 0 Å². The number of aromatic nitrogens is 2. The second-order valence-corrected chi connectivity index (χ2v) is 4.46. The van der Waals surface area contributed by atoms with Crippen LogP contribution in [-0.4, -0.2) is 17.1 Å². The van der Waals surface area contributed by atoms with E-state index in [1.807, 2.05) is 6.07 Å². The molecule has 0 amide bonds. The van der Waals surface area contributed by atoms with E-state index in [4.69, 9.17) is 17.0 Å². The molecule has 1 aromatic heterocycles. The highest BCUT2D eigenvalue weighted by atomic mass is 32.1. The van der Waals surface area contributed by atoms with E-state index in [-0.39, 0.29) is 0 Å². The molecule has 1 aliphatic rings. The molecule has 1 aliphatic carbocycles. The van der Waals surface area contributed by atoms with Crippen LogP contribution in [0.1, 0.15) is 43.1 Å². The fourth-order valence-corrected chi connectivity index (χ4v) is 2.40. The van der Waals surface area contributed by atoms with Crippen LogP contribution < -0.4 is 0 Å². The second kappa shape index (κ2) is 4.86. The molecule has 3 nitrogen and oxygen atoms in total. The predicted octanol–water partition coefficient (Wildman–Crippen LogP) is 2.94. The monoisotopic (exact) mass is 224 g/mol. The van der Waals surface area contributed by atoms with E-state index in [9.17, 15) is 0 Å². The number of hydrogen-bond donors (Lipinski definition) is 1. The Morgan fingerprint density at radius 3 is 2.93 bits per heavy atom. The van der Waals surface area contributed by atoms with Crippen LogP contribution in [0.2, 0.25) is 0 Å². The molecular weight excluding hydrogens is 208 g/mol. The Hall–Kier alpha value is -0.740. The summed E-state index contributed by atoms with van der Waals surface area (Å²) < 4.78 is 5.76. The number of hydrogen-bond acceptors (Lipinski definition) is 3. The van der Waals surface area contributed by atoms with Crippen molar-refractivity contribution < 1.29 is 4.74 Å². The third kappa shape index (κ3) is 2.63. The number of rotatable bonds is 3. The highest BCUT2D eigenvalue weighted by Gasteiger charge is 2.19. The molecule has 0 spiro atoms. The molecule has 4 heteroatoms. The van der Waals surface area contributed by atoms with Crippen LogP contribution in [0, 0.1) is 4.64 Å². The number of aromatic amines is 1. The van der Waals surface area contributed by atoms with Gasteiger partial charge in [0.25, 0.3) is 0 Å². The third-order valence-corrected chi connectivity index (χ3v) is 3.07. The van der Waals surface area contributed by atoms with Crippen LogP contribution in [0.5, 0.6) is 0 Å². The van der Waals surface area contributed by atoms with Gasteiger partial charge in [0.15, 0.2) is 0 Å². The minimum atomic E-state index is 0.573. The quantitative estimate of drug-likeness (QED) is 0.802. The van der Waals surface area contributed by atoms with Gasteiger partial charge in [-0.2, -0.15) is 0 Å². The Bertz CT molecular complexity index is 382. The Morgan fingerprint density at radius 2 is 2.27 bits per heavy atom. The molecule has 1 fully saturated rings. The van der Waals surface area contributed by atoms with Gasteiger partial charge in [0.2, 0.25) is 0 Å². The van der Waals surface area contributed by atoms with Gasteiger partial charge in [-0.15, -0.1) is 0 Å². The Balaban J connectivity index is 2.26. The molecule has 0 atom stereocenters. The van der Waals surface area contributed by atoms with Gasteiger partial charge in [-0.05, 0) is 18.9 Å². The average Bonchev–Trinajstić information content (AvgIpc) is 2.70. The lowest BCUT2D eigenvalue weighted by molar-refractivity contribution is 0.181. The molecule has 82 valence electrons. The maximum Gasteiger partial charge on any atom is 0.130 e. The van der Waals surface area contributed by atoms with Crippen molar-refractivity contribution in [3.8, 4) is 0 Å². The van der Waals surface area contributed by atoms with E-state index < -0.39 is 0 Å². The van der Waals surface area contributed by atoms with Gasteiger partial charge in [-0.3, -0.25) is 0 Å². The van der Waals surface area contributed by atoms with Gasteiger partial charge in [-0.25, -0.2) is 4.98 Å². The zero-order valence-corrected chi connectivity index (χ0v) is 9.77. The summed E-state index contributed by atoms with van der Waals surface area (Å²) in [5.41, 5.74) is 1.03. The van der Waals surface area contributed by atoms with E-state index in [0.717, 1.165) is 11.5 Å². The first kappa shape index (κ1) is 10.8. The number of H-pyrrole nitrogens is 1. The number of methoxy groups -OCH3 is 1. The zero-order valence-electron chi connectivity index (χ0n) is 8.95. The van der Waals surface area contributed by atoms with Crippen LogP contribution in [0.3, 0.4) is 0 Å². The van der Waals surface area contributed by atoms with Crippen molar-refractivity contribution in [1.82, 2.24) is 9.97 Å². The molecule has 0 unspecified atom stereocenters. The topological polar surface area (TPSA) is 37.9 Å². The SMILES string of the molecule is COCc1cc(=S)nc(C2CCCC2)[nH]1. The van der Waals surface area contributed by atoms with Crippen molar-refractivity contribution in [2.45, 2.75) is 38.2 Å². The molecule has 2 rings (SSSR count). The molecule has 0 aromatic carbocycles. The van der Waals surface area contributed by atoms with E-state index in [0.29, 0.717) is 17.2 Å². The van der Waals surface area contributed by atoms with Crippen molar-refractivity contribution in [2.75, 3.05) is 7.11 Å². The van der Waals surface area contributed by atoms with E-state index in [1.165, 1.54) is 25.7 Å². The van der Waals surface area contributed by atoms with Crippen LogP contribution >= 0.6 is 12.2 Å². The molecular formula is C11H16N2OS. The van der Waals surface area contributed by atoms with Crippen molar-refractivity contribution in [3.63, 3.8) is 0 Å². The number of nitrogens with one attached hydrogen (secondary N) is 1. The van der Waals surface area contributed by atoms with Crippen LogP contribution in [0.15, 0.2) is 6.07 Å². The summed E-state index contributed by atoms with van der Waals surface area (Å²) in [6.45, 7) is 0.575. The fraction of sp³-hybridized carbons (Fsp3) is 0.636. The minimum Gasteiger partial charge on any atom is -0.378 e. The summed E-state index contributed by atoms with van der Waals surface area (Å²) in [6.07, 6.45) is 5.08. The normalized spacial score (nSPS) is 17.1. The predicted molar refractivity (Wildman–Crippen MR) is 61.3 cm³/mol. The lowest BCUT2D eigenvalue weighted by Crippen LogP contribution is -2.04. The van der Waals surface area contributed by atoms with Gasteiger partial charge in [0, 0.05) is 18.7 Å². The first-order chi connectivity index (χ1) is 7.29. The van der Waals surface area contributed by atoms with Gasteiger partial charge >= 0.3 is 0 Å². The smallest absolute Gasteiger partial charge is 0.130 e. The second-order valence-electron chi connectivity index (χ2n) is 4.04. The van der Waals surface area contributed by atoms with Gasteiger partial charge < -0.3 is 9.72 Å². The number of nitrogens with zero attached hydrogens (tertiary/aromatic N) is 1. The average molecular weight is 224 g/mol. The van der Waals surface area contributed by atoms with Crippen LogP contribution in [-0.2, 0) is 11.3 Å². The largest absolute Gasteiger partial charge is 0.378 e. The summed E-state index contributed by atoms with van der Waals surface area (Å²) in [4.78, 5) is 7.73. The van der Waals surface area contributed by atoms with E-state index in [1.54, 1.807) is 7.11 Å². The maximum atomic E-state index is 5.15. The first-order valence-electron chi connectivity index (χ1n) is 5.38. The third-order valence-electron chi connectivity index (χ3n) is 2.86. The molecule has 15 heavy (non-hydrogen) atoms. The summed E-state index contributed by atoms with van der Waals surface area (Å²) in [5, 5.41) is 0. The van der Waals surface area contributed by atoms with Gasteiger partial charge in [0.05, 0.1) is 6.61 Å². The van der Waals surface area contributed by atoms with Crippen molar-refractivity contribution >= 4 is 12.2 Å². The Morgan fingerprint density at radius 1 is 1.53 bits per heavy atom. The summed E-state index contributed by atoms with van der Waals surface area (Å²) in [7, 11) is 1.69. The molecule has 0 saturated heterocycles. The summed E-state index contributed by atoms with van der Waals surface area (Å²) in [6, 6.07) is 1.87. The van der Waals surface area contributed by atoms with Gasteiger partial charge in [-0.1, -0.05) is 25.1 Å². The zero-order chi connectivity index (χ0) is 10.7. The molecule has 0 radical (unpaired) electrons. The Kier molecular flexibility index (Phi) is 3.49.